The summed E-state index contributed by atoms with van der Waals surface area (Å²) in [6, 6.07) is 13.8. The van der Waals surface area contributed by atoms with Crippen LogP contribution in [0.15, 0.2) is 59.5 Å². The van der Waals surface area contributed by atoms with E-state index in [4.69, 9.17) is 0 Å². The van der Waals surface area contributed by atoms with Gasteiger partial charge in [0.05, 0.1) is 10.9 Å². The number of hydrogen-bond acceptors (Lipinski definition) is 4. The third-order valence-electron chi connectivity index (χ3n) is 4.76. The van der Waals surface area contributed by atoms with Crippen LogP contribution < -0.4 is 4.72 Å². The van der Waals surface area contributed by atoms with Crippen molar-refractivity contribution in [1.82, 2.24) is 14.5 Å². The monoisotopic (exact) mass is 405 g/mol. The molecule has 0 saturated carbocycles. The van der Waals surface area contributed by atoms with Crippen molar-refractivity contribution in [3.05, 3.63) is 66.0 Å². The van der Waals surface area contributed by atoms with Crippen molar-refractivity contribution in [3.63, 3.8) is 0 Å². The van der Waals surface area contributed by atoms with Gasteiger partial charge in [0, 0.05) is 32.7 Å². The summed E-state index contributed by atoms with van der Waals surface area (Å²) in [6.45, 7) is 4.92. The highest BCUT2D eigenvalue weighted by Gasteiger charge is 2.28. The summed E-state index contributed by atoms with van der Waals surface area (Å²) in [6.07, 6.45) is 0. The molecule has 1 amide bonds. The van der Waals surface area contributed by atoms with Crippen LogP contribution in [0.25, 0.3) is 0 Å². The van der Waals surface area contributed by atoms with Gasteiger partial charge in [-0.1, -0.05) is 30.3 Å². The topological polar surface area (TPSA) is 69.7 Å². The zero-order valence-corrected chi connectivity index (χ0v) is 16.5. The van der Waals surface area contributed by atoms with Gasteiger partial charge in [0.25, 0.3) is 0 Å². The number of carbonyl (C=O) groups excluding carboxylic acids is 1. The third kappa shape index (κ3) is 5.15. The minimum absolute atomic E-state index is 0.0683. The Labute approximate surface area is 165 Å². The second-order valence-electron chi connectivity index (χ2n) is 6.88. The molecule has 0 aliphatic carbocycles. The first-order valence-corrected chi connectivity index (χ1v) is 10.7. The molecular formula is C20H24FN3O3S. The highest BCUT2D eigenvalue weighted by molar-refractivity contribution is 7.89. The minimum atomic E-state index is -3.89. The Morgan fingerprint density at radius 2 is 1.64 bits per heavy atom. The molecule has 1 atom stereocenters. The molecule has 1 N–H and O–H groups in total. The summed E-state index contributed by atoms with van der Waals surface area (Å²) in [5, 5.41) is 0. The lowest BCUT2D eigenvalue weighted by atomic mass is 10.2. The summed E-state index contributed by atoms with van der Waals surface area (Å²) in [5.74, 6) is -0.776. The standard InChI is InChI=1S/C20H24FN3O3S/c1-16(22-28(26,27)19-9-7-18(21)8-10-19)20(25)24-13-11-23(12-14-24)15-17-5-3-2-4-6-17/h2-10,16,22H,11-15H2,1H3/t16-/m1/s1. The van der Waals surface area contributed by atoms with E-state index in [1.807, 2.05) is 18.2 Å². The second-order valence-corrected chi connectivity index (χ2v) is 8.60. The zero-order chi connectivity index (χ0) is 20.1. The number of carbonyl (C=O) groups is 1. The first-order valence-electron chi connectivity index (χ1n) is 9.18. The molecule has 1 fully saturated rings. The number of piperazine rings is 1. The minimum Gasteiger partial charge on any atom is -0.339 e. The van der Waals surface area contributed by atoms with Crippen LogP contribution in [-0.2, 0) is 21.4 Å². The number of halogens is 1. The number of hydrogen-bond donors (Lipinski definition) is 1. The van der Waals surface area contributed by atoms with Crippen LogP contribution in [0.4, 0.5) is 4.39 Å². The lowest BCUT2D eigenvalue weighted by Crippen LogP contribution is -2.53. The molecule has 150 valence electrons. The van der Waals surface area contributed by atoms with Crippen molar-refractivity contribution < 1.29 is 17.6 Å². The lowest BCUT2D eigenvalue weighted by molar-refractivity contribution is -0.134. The van der Waals surface area contributed by atoms with Crippen LogP contribution in [0.5, 0.6) is 0 Å². The molecular weight excluding hydrogens is 381 g/mol. The van der Waals surface area contributed by atoms with E-state index in [0.29, 0.717) is 13.1 Å². The van der Waals surface area contributed by atoms with Crippen LogP contribution >= 0.6 is 0 Å². The number of sulfonamides is 1. The summed E-state index contributed by atoms with van der Waals surface area (Å²) in [5.41, 5.74) is 1.22. The van der Waals surface area contributed by atoms with Crippen molar-refractivity contribution in [1.29, 1.82) is 0 Å². The Balaban J connectivity index is 1.53. The highest BCUT2D eigenvalue weighted by Crippen LogP contribution is 2.12. The Hall–Kier alpha value is -2.29. The fourth-order valence-electron chi connectivity index (χ4n) is 3.21. The predicted octanol–water partition coefficient (Wildman–Crippen LogP) is 1.84. The van der Waals surface area contributed by atoms with Gasteiger partial charge in [-0.25, -0.2) is 12.8 Å². The molecule has 1 aliphatic heterocycles. The first-order chi connectivity index (χ1) is 13.3. The first kappa shape index (κ1) is 20.4. The normalized spacial score (nSPS) is 16.7. The second kappa shape index (κ2) is 8.81. The SMILES string of the molecule is C[C@@H](NS(=O)(=O)c1ccc(F)cc1)C(=O)N1CCN(Cc2ccccc2)CC1. The van der Waals surface area contributed by atoms with Gasteiger partial charge >= 0.3 is 0 Å². The summed E-state index contributed by atoms with van der Waals surface area (Å²) in [7, 11) is -3.89. The molecule has 0 spiro atoms. The number of benzene rings is 2. The molecule has 0 unspecified atom stereocenters. The van der Waals surface area contributed by atoms with E-state index in [1.165, 1.54) is 24.6 Å². The average Bonchev–Trinajstić information content (AvgIpc) is 2.69. The lowest BCUT2D eigenvalue weighted by Gasteiger charge is -2.36. The quantitative estimate of drug-likeness (QED) is 0.796. The Morgan fingerprint density at radius 3 is 2.25 bits per heavy atom. The zero-order valence-electron chi connectivity index (χ0n) is 15.7. The van der Waals surface area contributed by atoms with Gasteiger partial charge in [0.2, 0.25) is 15.9 Å². The van der Waals surface area contributed by atoms with E-state index in [1.54, 1.807) is 4.90 Å². The Bertz CT molecular complexity index is 896. The van der Waals surface area contributed by atoms with Crippen molar-refractivity contribution in [2.24, 2.45) is 0 Å². The van der Waals surface area contributed by atoms with E-state index in [-0.39, 0.29) is 10.8 Å². The maximum atomic E-state index is 13.0. The van der Waals surface area contributed by atoms with Crippen molar-refractivity contribution in [2.75, 3.05) is 26.2 Å². The Kier molecular flexibility index (Phi) is 6.43. The Morgan fingerprint density at radius 1 is 1.04 bits per heavy atom. The van der Waals surface area contributed by atoms with Gasteiger partial charge < -0.3 is 4.90 Å². The van der Waals surface area contributed by atoms with Crippen molar-refractivity contribution >= 4 is 15.9 Å². The van der Waals surface area contributed by atoms with Gasteiger partial charge in [-0.15, -0.1) is 0 Å². The summed E-state index contributed by atoms with van der Waals surface area (Å²) in [4.78, 5) is 16.5. The molecule has 0 bridgehead atoms. The number of nitrogens with one attached hydrogen (secondary N) is 1. The molecule has 2 aromatic rings. The molecule has 6 nitrogen and oxygen atoms in total. The molecule has 1 aliphatic rings. The van der Waals surface area contributed by atoms with Crippen LogP contribution in [-0.4, -0.2) is 56.3 Å². The van der Waals surface area contributed by atoms with Crippen LogP contribution in [0.1, 0.15) is 12.5 Å². The van der Waals surface area contributed by atoms with E-state index >= 15 is 0 Å². The van der Waals surface area contributed by atoms with E-state index in [9.17, 15) is 17.6 Å². The summed E-state index contributed by atoms with van der Waals surface area (Å²) < 4.78 is 40.2. The van der Waals surface area contributed by atoms with E-state index in [2.05, 4.69) is 21.8 Å². The molecule has 8 heteroatoms. The molecule has 3 rings (SSSR count). The molecule has 1 heterocycles. The van der Waals surface area contributed by atoms with Gasteiger partial charge in [-0.2, -0.15) is 4.72 Å². The van der Waals surface area contributed by atoms with Gasteiger partial charge in [-0.3, -0.25) is 9.69 Å². The van der Waals surface area contributed by atoms with Gasteiger partial charge in [0.1, 0.15) is 5.82 Å². The highest BCUT2D eigenvalue weighted by atomic mass is 32.2. The maximum absolute atomic E-state index is 13.0. The van der Waals surface area contributed by atoms with Crippen LogP contribution in [0, 0.1) is 5.82 Å². The summed E-state index contributed by atoms with van der Waals surface area (Å²) >= 11 is 0. The van der Waals surface area contributed by atoms with Crippen molar-refractivity contribution in [3.8, 4) is 0 Å². The van der Waals surface area contributed by atoms with Gasteiger partial charge in [0.15, 0.2) is 0 Å². The average molecular weight is 405 g/mol. The van der Waals surface area contributed by atoms with Gasteiger partial charge in [-0.05, 0) is 36.8 Å². The molecule has 28 heavy (non-hydrogen) atoms. The fourth-order valence-corrected chi connectivity index (χ4v) is 4.40. The fraction of sp³-hybridized carbons (Fsp3) is 0.350. The molecule has 1 saturated heterocycles. The van der Waals surface area contributed by atoms with Crippen LogP contribution in [0.2, 0.25) is 0 Å². The number of nitrogens with zero attached hydrogens (tertiary/aromatic N) is 2. The smallest absolute Gasteiger partial charge is 0.241 e. The molecule has 0 aromatic heterocycles. The molecule has 2 aromatic carbocycles. The molecule has 0 radical (unpaired) electrons. The van der Waals surface area contributed by atoms with E-state index < -0.39 is 21.9 Å². The largest absolute Gasteiger partial charge is 0.339 e. The predicted molar refractivity (Wildman–Crippen MR) is 104 cm³/mol. The van der Waals surface area contributed by atoms with E-state index in [0.717, 1.165) is 31.8 Å². The number of amides is 1. The maximum Gasteiger partial charge on any atom is 0.241 e. The van der Waals surface area contributed by atoms with Crippen LogP contribution in [0.3, 0.4) is 0 Å². The third-order valence-corrected chi connectivity index (χ3v) is 6.32. The number of rotatable bonds is 6. The van der Waals surface area contributed by atoms with Crippen molar-refractivity contribution in [2.45, 2.75) is 24.4 Å².